The first-order chi connectivity index (χ1) is 6.76. The molecule has 0 amide bonds. The number of aliphatic hydroxyl groups is 1. The molecule has 0 aromatic carbocycles. The van der Waals surface area contributed by atoms with Gasteiger partial charge in [-0.3, -0.25) is 10.1 Å². The first kappa shape index (κ1) is 14.3. The van der Waals surface area contributed by atoms with Crippen LogP contribution in [0.25, 0.3) is 0 Å². The predicted molar refractivity (Wildman–Crippen MR) is 53.3 cm³/mol. The molecule has 0 radical (unpaired) electrons. The Morgan fingerprint density at radius 2 is 2.00 bits per heavy atom. The van der Waals surface area contributed by atoms with Gasteiger partial charge in [-0.15, -0.1) is 0 Å². The van der Waals surface area contributed by atoms with Crippen LogP contribution in [0.1, 0.15) is 20.8 Å². The van der Waals surface area contributed by atoms with Crippen molar-refractivity contribution >= 4 is 5.97 Å². The van der Waals surface area contributed by atoms with Crippen molar-refractivity contribution in [1.82, 2.24) is 5.32 Å². The van der Waals surface area contributed by atoms with Crippen LogP contribution in [0.5, 0.6) is 0 Å². The molecule has 0 rings (SSSR count). The predicted octanol–water partition coefficient (Wildman–Crippen LogP) is -0.233. The van der Waals surface area contributed by atoms with E-state index in [9.17, 15) is 9.90 Å². The van der Waals surface area contributed by atoms with Gasteiger partial charge in [-0.2, -0.15) is 0 Å². The van der Waals surface area contributed by atoms with E-state index >= 15 is 0 Å². The van der Waals surface area contributed by atoms with Gasteiger partial charge in [0, 0.05) is 7.11 Å². The molecule has 2 atom stereocenters. The second-order valence-electron chi connectivity index (χ2n) is 4.10. The molecule has 3 N–H and O–H groups in total. The lowest BCUT2D eigenvalue weighted by Crippen LogP contribution is -2.49. The molecule has 0 fully saturated rings. The van der Waals surface area contributed by atoms with Crippen molar-refractivity contribution in [2.45, 2.75) is 38.8 Å². The van der Waals surface area contributed by atoms with Gasteiger partial charge in [0.1, 0.15) is 6.04 Å². The second kappa shape index (κ2) is 6.02. The largest absolute Gasteiger partial charge is 0.480 e. The summed E-state index contributed by atoms with van der Waals surface area (Å²) in [6.07, 6.45) is -1.33. The van der Waals surface area contributed by atoms with Crippen molar-refractivity contribution in [2.24, 2.45) is 0 Å². The fraction of sp³-hybridized carbons (Fsp3) is 0.889. The third-order valence-corrected chi connectivity index (χ3v) is 1.44. The summed E-state index contributed by atoms with van der Waals surface area (Å²) in [6, 6.07) is -0.993. The lowest BCUT2D eigenvalue weighted by molar-refractivity contribution is -0.191. The third-order valence-electron chi connectivity index (χ3n) is 1.44. The first-order valence-electron chi connectivity index (χ1n) is 4.60. The lowest BCUT2D eigenvalue weighted by Gasteiger charge is -2.26. The van der Waals surface area contributed by atoms with Gasteiger partial charge in [0.15, 0.2) is 0 Å². The Morgan fingerprint density at radius 3 is 2.33 bits per heavy atom. The molecule has 6 heteroatoms. The molecule has 6 nitrogen and oxygen atoms in total. The number of aliphatic hydroxyl groups excluding tert-OH is 1. The van der Waals surface area contributed by atoms with Gasteiger partial charge >= 0.3 is 5.97 Å². The zero-order valence-corrected chi connectivity index (χ0v) is 9.48. The van der Waals surface area contributed by atoms with E-state index in [2.05, 4.69) is 10.1 Å². The van der Waals surface area contributed by atoms with Crippen LogP contribution in [0.15, 0.2) is 0 Å². The van der Waals surface area contributed by atoms with Gasteiger partial charge in [0.2, 0.25) is 6.41 Å². The highest BCUT2D eigenvalue weighted by molar-refractivity contribution is 5.73. The molecule has 0 bridgehead atoms. The molecule has 0 aromatic rings. The van der Waals surface area contributed by atoms with Crippen LogP contribution in [0.4, 0.5) is 0 Å². The Kier molecular flexibility index (Phi) is 5.74. The molecule has 15 heavy (non-hydrogen) atoms. The van der Waals surface area contributed by atoms with Gasteiger partial charge in [0.25, 0.3) is 0 Å². The summed E-state index contributed by atoms with van der Waals surface area (Å²) in [5.41, 5.74) is -0.553. The molecule has 0 aliphatic heterocycles. The normalized spacial score (nSPS) is 16.1. The molecule has 0 aliphatic carbocycles. The molecule has 0 aliphatic rings. The van der Waals surface area contributed by atoms with Gasteiger partial charge in [0.05, 0.1) is 12.2 Å². The molecular formula is C9H19NO5. The van der Waals surface area contributed by atoms with Gasteiger partial charge in [-0.25, -0.2) is 0 Å². The average Bonchev–Trinajstić information content (AvgIpc) is 1.99. The average molecular weight is 221 g/mol. The van der Waals surface area contributed by atoms with E-state index in [0.717, 1.165) is 0 Å². The highest BCUT2D eigenvalue weighted by Gasteiger charge is 2.23. The van der Waals surface area contributed by atoms with Gasteiger partial charge < -0.3 is 19.7 Å². The fourth-order valence-corrected chi connectivity index (χ4v) is 0.898. The Hall–Kier alpha value is -0.690. The Morgan fingerprint density at radius 1 is 1.47 bits per heavy atom. The summed E-state index contributed by atoms with van der Waals surface area (Å²) in [4.78, 5) is 10.7. The van der Waals surface area contributed by atoms with Gasteiger partial charge in [-0.05, 0) is 20.8 Å². The zero-order chi connectivity index (χ0) is 12.1. The summed E-state index contributed by atoms with van der Waals surface area (Å²) >= 11 is 0. The molecule has 0 heterocycles. The van der Waals surface area contributed by atoms with Crippen LogP contribution in [-0.4, -0.2) is 48.0 Å². The number of carboxylic acid groups (broad SMARTS) is 1. The number of hydrogen-bond acceptors (Lipinski definition) is 5. The molecule has 0 saturated heterocycles. The number of ether oxygens (including phenoxy) is 2. The van der Waals surface area contributed by atoms with E-state index < -0.39 is 24.0 Å². The topological polar surface area (TPSA) is 88.0 Å². The molecule has 90 valence electrons. The highest BCUT2D eigenvalue weighted by atomic mass is 16.6. The van der Waals surface area contributed by atoms with Crippen LogP contribution in [0.3, 0.4) is 0 Å². The van der Waals surface area contributed by atoms with E-state index in [-0.39, 0.29) is 6.61 Å². The molecule has 0 saturated carbocycles. The smallest absolute Gasteiger partial charge is 0.323 e. The maximum Gasteiger partial charge on any atom is 0.323 e. The van der Waals surface area contributed by atoms with E-state index in [1.165, 1.54) is 7.11 Å². The fourth-order valence-electron chi connectivity index (χ4n) is 0.898. The van der Waals surface area contributed by atoms with E-state index in [4.69, 9.17) is 9.84 Å². The highest BCUT2D eigenvalue weighted by Crippen LogP contribution is 2.08. The number of carbonyl (C=O) groups is 1. The van der Waals surface area contributed by atoms with Crippen molar-refractivity contribution in [3.63, 3.8) is 0 Å². The first-order valence-corrected chi connectivity index (χ1v) is 4.60. The number of rotatable bonds is 6. The lowest BCUT2D eigenvalue weighted by atomic mass is 10.2. The molecular weight excluding hydrogens is 202 g/mol. The Labute approximate surface area is 89.2 Å². The van der Waals surface area contributed by atoms with Crippen molar-refractivity contribution in [1.29, 1.82) is 0 Å². The second-order valence-corrected chi connectivity index (χ2v) is 4.10. The Balaban J connectivity index is 4.11. The summed E-state index contributed by atoms with van der Waals surface area (Å²) in [5, 5.41) is 20.5. The SMILES string of the molecule is COC[C@@H](NC(O)OC(C)(C)C)C(=O)O. The minimum Gasteiger partial charge on any atom is -0.480 e. The van der Waals surface area contributed by atoms with Crippen molar-refractivity contribution in [2.75, 3.05) is 13.7 Å². The van der Waals surface area contributed by atoms with Crippen LogP contribution in [-0.2, 0) is 14.3 Å². The maximum absolute atomic E-state index is 10.7. The van der Waals surface area contributed by atoms with E-state index in [0.29, 0.717) is 0 Å². The number of nitrogens with one attached hydrogen (secondary N) is 1. The minimum atomic E-state index is -1.33. The quantitative estimate of drug-likeness (QED) is 0.537. The van der Waals surface area contributed by atoms with Gasteiger partial charge in [-0.1, -0.05) is 0 Å². The maximum atomic E-state index is 10.7. The van der Waals surface area contributed by atoms with Crippen LogP contribution < -0.4 is 5.32 Å². The summed E-state index contributed by atoms with van der Waals surface area (Å²) < 4.78 is 9.78. The molecule has 1 unspecified atom stereocenters. The molecule has 0 aromatic heterocycles. The summed E-state index contributed by atoms with van der Waals surface area (Å²) in [6.45, 7) is 5.22. The summed E-state index contributed by atoms with van der Waals surface area (Å²) in [7, 11) is 1.38. The van der Waals surface area contributed by atoms with Crippen molar-refractivity contribution in [3.05, 3.63) is 0 Å². The van der Waals surface area contributed by atoms with Crippen LogP contribution in [0.2, 0.25) is 0 Å². The monoisotopic (exact) mass is 221 g/mol. The number of aliphatic carboxylic acids is 1. The van der Waals surface area contributed by atoms with E-state index in [1.807, 2.05) is 0 Å². The van der Waals surface area contributed by atoms with Crippen molar-refractivity contribution < 1.29 is 24.5 Å². The third kappa shape index (κ3) is 7.26. The standard InChI is InChI=1S/C9H19NO5/c1-9(2,3)15-8(13)10-6(5-14-4)7(11)12/h6,8,10,13H,5H2,1-4H3,(H,11,12)/t6-,8?/m1/s1. The van der Waals surface area contributed by atoms with Crippen LogP contribution in [0, 0.1) is 0 Å². The number of hydrogen-bond donors (Lipinski definition) is 3. The minimum absolute atomic E-state index is 0.0418. The van der Waals surface area contributed by atoms with Crippen molar-refractivity contribution in [3.8, 4) is 0 Å². The number of methoxy groups -OCH3 is 1. The number of carboxylic acids is 1. The van der Waals surface area contributed by atoms with E-state index in [1.54, 1.807) is 20.8 Å². The summed E-state index contributed by atoms with van der Waals surface area (Å²) in [5.74, 6) is -1.10. The van der Waals surface area contributed by atoms with Crippen LogP contribution >= 0.6 is 0 Å². The molecule has 0 spiro atoms. The Bertz CT molecular complexity index is 201. The zero-order valence-electron chi connectivity index (χ0n) is 9.48.